The third-order valence-electron chi connectivity index (χ3n) is 3.62. The first-order chi connectivity index (χ1) is 9.62. The van der Waals surface area contributed by atoms with Gasteiger partial charge in [-0.05, 0) is 45.2 Å². The molecular weight excluding hydrogens is 286 g/mol. The molecule has 1 aromatic rings. The Kier molecular flexibility index (Phi) is 5.94. The molecule has 0 bridgehead atoms. The second kappa shape index (κ2) is 6.89. The van der Waals surface area contributed by atoms with E-state index in [0.29, 0.717) is 16.5 Å². The quantitative estimate of drug-likeness (QED) is 0.843. The summed E-state index contributed by atoms with van der Waals surface area (Å²) in [5.41, 5.74) is 1.18. The number of methoxy groups -OCH3 is 2. The third kappa shape index (κ3) is 4.79. The van der Waals surface area contributed by atoms with Gasteiger partial charge < -0.3 is 14.8 Å². The molecule has 0 saturated carbocycles. The molecule has 0 aliphatic rings. The van der Waals surface area contributed by atoms with E-state index >= 15 is 0 Å². The van der Waals surface area contributed by atoms with Crippen molar-refractivity contribution in [3.63, 3.8) is 0 Å². The zero-order chi connectivity index (χ0) is 16.3. The highest BCUT2D eigenvalue weighted by molar-refractivity contribution is 6.33. The van der Waals surface area contributed by atoms with Crippen LogP contribution in [0.2, 0.25) is 5.02 Å². The fourth-order valence-electron chi connectivity index (χ4n) is 2.31. The van der Waals surface area contributed by atoms with Gasteiger partial charge in [-0.1, -0.05) is 31.5 Å². The second-order valence-corrected chi connectivity index (χ2v) is 7.35. The van der Waals surface area contributed by atoms with Gasteiger partial charge in [-0.3, -0.25) is 0 Å². The molecule has 1 N–H and O–H groups in total. The molecule has 120 valence electrons. The van der Waals surface area contributed by atoms with E-state index in [1.807, 2.05) is 12.1 Å². The first-order valence-electron chi connectivity index (χ1n) is 7.28. The van der Waals surface area contributed by atoms with Gasteiger partial charge in [0.25, 0.3) is 0 Å². The summed E-state index contributed by atoms with van der Waals surface area (Å²) in [6.07, 6.45) is 0.989. The van der Waals surface area contributed by atoms with Crippen LogP contribution in [0.25, 0.3) is 0 Å². The van der Waals surface area contributed by atoms with Gasteiger partial charge in [-0.25, -0.2) is 0 Å². The predicted molar refractivity (Wildman–Crippen MR) is 90.0 cm³/mol. The normalized spacial score (nSPS) is 12.4. The minimum Gasteiger partial charge on any atom is -0.495 e. The van der Waals surface area contributed by atoms with Crippen LogP contribution >= 0.6 is 11.6 Å². The summed E-state index contributed by atoms with van der Waals surface area (Å²) in [5, 5.41) is 4.06. The van der Waals surface area contributed by atoms with E-state index < -0.39 is 0 Å². The monoisotopic (exact) mass is 313 g/mol. The lowest BCUT2D eigenvalue weighted by Gasteiger charge is -2.30. The number of ether oxygens (including phenoxy) is 2. The van der Waals surface area contributed by atoms with Crippen LogP contribution in [0.3, 0.4) is 0 Å². The smallest absolute Gasteiger partial charge is 0.144 e. The standard InChI is InChI=1S/C17H28ClNO2/c1-16(2,3)19-11-10-17(4,5)12-8-9-13(20-6)14(18)15(12)21-7/h8-9,19H,10-11H2,1-7H3. The minimum atomic E-state index is -0.0422. The Balaban J connectivity index is 2.99. The van der Waals surface area contributed by atoms with Crippen molar-refractivity contribution in [3.8, 4) is 11.5 Å². The second-order valence-electron chi connectivity index (χ2n) is 6.97. The van der Waals surface area contributed by atoms with E-state index in [2.05, 4.69) is 39.9 Å². The van der Waals surface area contributed by atoms with Crippen LogP contribution in [-0.4, -0.2) is 26.3 Å². The molecule has 0 unspecified atom stereocenters. The van der Waals surface area contributed by atoms with Crippen LogP contribution in [-0.2, 0) is 5.41 Å². The summed E-state index contributed by atoms with van der Waals surface area (Å²) in [7, 11) is 3.26. The van der Waals surface area contributed by atoms with Crippen molar-refractivity contribution >= 4 is 11.6 Å². The number of rotatable bonds is 6. The van der Waals surface area contributed by atoms with E-state index in [1.165, 1.54) is 0 Å². The summed E-state index contributed by atoms with van der Waals surface area (Å²) in [5.74, 6) is 1.35. The highest BCUT2D eigenvalue weighted by Gasteiger charge is 2.27. The largest absolute Gasteiger partial charge is 0.495 e. The van der Waals surface area contributed by atoms with Gasteiger partial charge in [-0.2, -0.15) is 0 Å². The first-order valence-corrected chi connectivity index (χ1v) is 7.66. The maximum absolute atomic E-state index is 6.36. The Morgan fingerprint density at radius 1 is 1.05 bits per heavy atom. The van der Waals surface area contributed by atoms with Crippen LogP contribution < -0.4 is 14.8 Å². The Hall–Kier alpha value is -0.930. The molecular formula is C17H28ClNO2. The predicted octanol–water partition coefficient (Wildman–Crippen LogP) is 4.41. The highest BCUT2D eigenvalue weighted by atomic mass is 35.5. The third-order valence-corrected chi connectivity index (χ3v) is 3.98. The molecule has 0 heterocycles. The number of hydrogen-bond donors (Lipinski definition) is 1. The van der Waals surface area contributed by atoms with E-state index in [4.69, 9.17) is 21.1 Å². The average Bonchev–Trinajstić information content (AvgIpc) is 2.36. The lowest BCUT2D eigenvalue weighted by Crippen LogP contribution is -2.38. The number of halogens is 1. The van der Waals surface area contributed by atoms with Crippen molar-refractivity contribution in [3.05, 3.63) is 22.7 Å². The van der Waals surface area contributed by atoms with E-state index in [0.717, 1.165) is 18.5 Å². The Morgan fingerprint density at radius 3 is 2.14 bits per heavy atom. The average molecular weight is 314 g/mol. The summed E-state index contributed by atoms with van der Waals surface area (Å²) in [6, 6.07) is 3.94. The van der Waals surface area contributed by atoms with Crippen LogP contribution in [0, 0.1) is 0 Å². The minimum absolute atomic E-state index is 0.0422. The Labute approximate surface area is 134 Å². The SMILES string of the molecule is COc1ccc(C(C)(C)CCNC(C)(C)C)c(OC)c1Cl. The molecule has 3 nitrogen and oxygen atoms in total. The van der Waals surface area contributed by atoms with Gasteiger partial charge in [0.15, 0.2) is 0 Å². The van der Waals surface area contributed by atoms with Gasteiger partial charge in [-0.15, -0.1) is 0 Å². The van der Waals surface area contributed by atoms with Crippen LogP contribution in [0.5, 0.6) is 11.5 Å². The lowest BCUT2D eigenvalue weighted by molar-refractivity contribution is 0.356. The molecule has 0 atom stereocenters. The molecule has 1 aromatic carbocycles. The Morgan fingerprint density at radius 2 is 1.67 bits per heavy atom. The van der Waals surface area contributed by atoms with Gasteiger partial charge in [0.05, 0.1) is 14.2 Å². The molecule has 21 heavy (non-hydrogen) atoms. The fraction of sp³-hybridized carbons (Fsp3) is 0.647. The van der Waals surface area contributed by atoms with Gasteiger partial charge >= 0.3 is 0 Å². The van der Waals surface area contributed by atoms with Crippen molar-refractivity contribution in [2.75, 3.05) is 20.8 Å². The van der Waals surface area contributed by atoms with E-state index in [1.54, 1.807) is 14.2 Å². The topological polar surface area (TPSA) is 30.5 Å². The van der Waals surface area contributed by atoms with Gasteiger partial charge in [0, 0.05) is 11.1 Å². The van der Waals surface area contributed by atoms with Crippen LogP contribution in [0.15, 0.2) is 12.1 Å². The lowest BCUT2D eigenvalue weighted by atomic mass is 9.80. The number of benzene rings is 1. The molecule has 0 spiro atoms. The van der Waals surface area contributed by atoms with Crippen LogP contribution in [0.1, 0.15) is 46.6 Å². The van der Waals surface area contributed by atoms with Crippen molar-refractivity contribution in [2.45, 2.75) is 52.0 Å². The summed E-state index contributed by atoms with van der Waals surface area (Å²) in [4.78, 5) is 0. The van der Waals surface area contributed by atoms with Gasteiger partial charge in [0.2, 0.25) is 0 Å². The molecule has 0 saturated heterocycles. The zero-order valence-corrected chi connectivity index (χ0v) is 15.0. The van der Waals surface area contributed by atoms with Crippen molar-refractivity contribution < 1.29 is 9.47 Å². The number of hydrogen-bond acceptors (Lipinski definition) is 3. The molecule has 0 radical (unpaired) electrons. The first kappa shape index (κ1) is 18.1. The molecule has 4 heteroatoms. The summed E-state index contributed by atoms with van der Waals surface area (Å²) >= 11 is 6.36. The van der Waals surface area contributed by atoms with E-state index in [-0.39, 0.29) is 11.0 Å². The maximum atomic E-state index is 6.36. The zero-order valence-electron chi connectivity index (χ0n) is 14.3. The maximum Gasteiger partial charge on any atom is 0.144 e. The van der Waals surface area contributed by atoms with Crippen molar-refractivity contribution in [1.29, 1.82) is 0 Å². The van der Waals surface area contributed by atoms with Crippen LogP contribution in [0.4, 0.5) is 0 Å². The molecule has 0 amide bonds. The molecule has 0 fully saturated rings. The van der Waals surface area contributed by atoms with Crippen molar-refractivity contribution in [2.24, 2.45) is 0 Å². The summed E-state index contributed by atoms with van der Waals surface area (Å²) < 4.78 is 10.8. The Bertz CT molecular complexity index is 478. The molecule has 0 aliphatic heterocycles. The van der Waals surface area contributed by atoms with Gasteiger partial charge in [0.1, 0.15) is 16.5 Å². The molecule has 0 aliphatic carbocycles. The highest BCUT2D eigenvalue weighted by Crippen LogP contribution is 2.43. The number of nitrogens with one attached hydrogen (secondary N) is 1. The van der Waals surface area contributed by atoms with E-state index in [9.17, 15) is 0 Å². The van der Waals surface area contributed by atoms with Crippen molar-refractivity contribution in [1.82, 2.24) is 5.32 Å². The fourth-order valence-corrected chi connectivity index (χ4v) is 2.63. The summed E-state index contributed by atoms with van der Waals surface area (Å²) in [6.45, 7) is 11.9. The molecule has 0 aromatic heterocycles. The molecule has 1 rings (SSSR count).